The Kier molecular flexibility index (Phi) is 6.07. The molecule has 0 atom stereocenters. The van der Waals surface area contributed by atoms with Crippen LogP contribution in [0.5, 0.6) is 0 Å². The van der Waals surface area contributed by atoms with E-state index < -0.39 is 0 Å². The molecule has 0 spiro atoms. The Labute approximate surface area is 72.6 Å². The van der Waals surface area contributed by atoms with Gasteiger partial charge >= 0.3 is 69.5 Å². The third-order valence-electron chi connectivity index (χ3n) is 1.11. The standard InChI is InChI=1S/2C4H9.Sn.2H/c2*1-4(2)3;;;/h2*4H,1H2,2-3H3;;;/q;;;2*-1. The van der Waals surface area contributed by atoms with Gasteiger partial charge in [-0.3, -0.25) is 0 Å². The van der Waals surface area contributed by atoms with E-state index in [1.807, 2.05) is 0 Å². The van der Waals surface area contributed by atoms with Crippen LogP contribution in [0.15, 0.2) is 0 Å². The summed E-state index contributed by atoms with van der Waals surface area (Å²) in [5, 5.41) is 0. The van der Waals surface area contributed by atoms with E-state index in [2.05, 4.69) is 27.7 Å². The molecule has 0 fully saturated rings. The Morgan fingerprint density at radius 1 is 1.00 bits per heavy atom. The molecule has 0 saturated heterocycles. The van der Waals surface area contributed by atoms with Crippen molar-refractivity contribution in [2.45, 2.75) is 36.6 Å². The summed E-state index contributed by atoms with van der Waals surface area (Å²) in [5.41, 5.74) is 0. The van der Waals surface area contributed by atoms with Crippen molar-refractivity contribution >= 4 is 21.1 Å². The van der Waals surface area contributed by atoms with E-state index in [1.54, 1.807) is 8.87 Å². The number of rotatable bonds is 4. The van der Waals surface area contributed by atoms with Crippen molar-refractivity contribution in [3.63, 3.8) is 0 Å². The monoisotopic (exact) mass is 236 g/mol. The first-order chi connectivity index (χ1) is 4.13. The predicted octanol–water partition coefficient (Wildman–Crippen LogP) is 3.06. The van der Waals surface area contributed by atoms with Gasteiger partial charge in [-0.2, -0.15) is 0 Å². The van der Waals surface area contributed by atoms with Crippen LogP contribution in [0.4, 0.5) is 0 Å². The summed E-state index contributed by atoms with van der Waals surface area (Å²) in [7, 11) is 0. The maximum Gasteiger partial charge on any atom is -1.00 e. The van der Waals surface area contributed by atoms with E-state index in [1.165, 1.54) is 0 Å². The van der Waals surface area contributed by atoms with E-state index in [0.717, 1.165) is 11.8 Å². The zero-order valence-electron chi connectivity index (χ0n) is 9.07. The largest absolute Gasteiger partial charge is 1.00 e. The van der Waals surface area contributed by atoms with Crippen LogP contribution in [0.3, 0.4) is 0 Å². The van der Waals surface area contributed by atoms with Gasteiger partial charge in [0.1, 0.15) is 0 Å². The van der Waals surface area contributed by atoms with Gasteiger partial charge in [-0.25, -0.2) is 0 Å². The van der Waals surface area contributed by atoms with E-state index >= 15 is 0 Å². The van der Waals surface area contributed by atoms with Crippen LogP contribution >= 0.6 is 0 Å². The summed E-state index contributed by atoms with van der Waals surface area (Å²) in [4.78, 5) is 0. The molecule has 0 saturated carbocycles. The van der Waals surface area contributed by atoms with Gasteiger partial charge in [-0.05, 0) is 0 Å². The van der Waals surface area contributed by atoms with Crippen molar-refractivity contribution in [1.29, 1.82) is 0 Å². The summed E-state index contributed by atoms with van der Waals surface area (Å²) < 4.78 is 3.14. The second-order valence-corrected chi connectivity index (χ2v) is 7.20. The van der Waals surface area contributed by atoms with Crippen LogP contribution in [-0.2, 0) is 0 Å². The minimum absolute atomic E-state index is 0. The molecule has 0 nitrogen and oxygen atoms in total. The van der Waals surface area contributed by atoms with Gasteiger partial charge < -0.3 is 2.85 Å². The average Bonchev–Trinajstić information content (AvgIpc) is 1.63. The molecule has 2 radical (unpaired) electrons. The number of hydrogen-bond donors (Lipinski definition) is 0. The van der Waals surface area contributed by atoms with Gasteiger partial charge in [-0.15, -0.1) is 0 Å². The maximum atomic E-state index is 2.33. The fourth-order valence-corrected chi connectivity index (χ4v) is 4.43. The van der Waals surface area contributed by atoms with Gasteiger partial charge in [0.25, 0.3) is 0 Å². The second-order valence-electron chi connectivity index (χ2n) is 3.45. The molecular weight excluding hydrogens is 215 g/mol. The van der Waals surface area contributed by atoms with Crippen molar-refractivity contribution in [1.82, 2.24) is 0 Å². The second kappa shape index (κ2) is 5.57. The zero-order chi connectivity index (χ0) is 7.28. The van der Waals surface area contributed by atoms with Crippen molar-refractivity contribution in [3.05, 3.63) is 0 Å². The third kappa shape index (κ3) is 8.80. The van der Waals surface area contributed by atoms with Gasteiger partial charge in [0.05, 0.1) is 0 Å². The molecule has 0 aliphatic heterocycles. The zero-order valence-corrected chi connectivity index (χ0v) is 9.92. The Balaban J connectivity index is -0.000000320. The van der Waals surface area contributed by atoms with Gasteiger partial charge in [0.2, 0.25) is 0 Å². The summed E-state index contributed by atoms with van der Waals surface area (Å²) in [5.74, 6) is 1.94. The van der Waals surface area contributed by atoms with Crippen molar-refractivity contribution in [2.24, 2.45) is 11.8 Å². The van der Waals surface area contributed by atoms with Crippen LogP contribution < -0.4 is 0 Å². The van der Waals surface area contributed by atoms with Crippen molar-refractivity contribution < 1.29 is 2.85 Å². The summed E-state index contributed by atoms with van der Waals surface area (Å²) in [6.45, 7) is 9.34. The summed E-state index contributed by atoms with van der Waals surface area (Å²) in [6, 6.07) is 0. The molecule has 9 heavy (non-hydrogen) atoms. The maximum absolute atomic E-state index is 2.33. The number of hydrogen-bond acceptors (Lipinski definition) is 0. The molecule has 0 bridgehead atoms. The molecule has 0 N–H and O–H groups in total. The molecular formula is C8H20Sn-2. The third-order valence-corrected chi connectivity index (χ3v) is 7.41. The van der Waals surface area contributed by atoms with E-state index in [-0.39, 0.29) is 24.0 Å². The first kappa shape index (κ1) is 9.80. The quantitative estimate of drug-likeness (QED) is 0.657. The van der Waals surface area contributed by atoms with Crippen LogP contribution in [-0.4, -0.2) is 21.1 Å². The molecule has 0 aromatic heterocycles. The summed E-state index contributed by atoms with van der Waals surface area (Å²) in [6.07, 6.45) is 0. The Morgan fingerprint density at radius 2 is 1.33 bits per heavy atom. The molecule has 0 aliphatic carbocycles. The van der Waals surface area contributed by atoms with Gasteiger partial charge in [0, 0.05) is 0 Å². The topological polar surface area (TPSA) is 0 Å². The first-order valence-corrected chi connectivity index (χ1v) is 7.87. The Morgan fingerprint density at radius 3 is 1.56 bits per heavy atom. The van der Waals surface area contributed by atoms with Crippen molar-refractivity contribution in [3.8, 4) is 0 Å². The Hall–Kier alpha value is 0.799. The molecule has 0 aliphatic rings. The van der Waals surface area contributed by atoms with E-state index in [4.69, 9.17) is 0 Å². The molecule has 0 heterocycles. The Bertz CT molecular complexity index is 57.1. The molecule has 0 aromatic rings. The van der Waals surface area contributed by atoms with Crippen LogP contribution in [0.1, 0.15) is 30.5 Å². The predicted molar refractivity (Wildman–Crippen MR) is 47.3 cm³/mol. The minimum Gasteiger partial charge on any atom is -1.00 e. The fourth-order valence-electron chi connectivity index (χ4n) is 0.661. The SMILES string of the molecule is CC(C)[CH2][Sn][CH2]C(C)C.[H-].[H-]. The fraction of sp³-hybridized carbons (Fsp3) is 1.00. The van der Waals surface area contributed by atoms with E-state index in [9.17, 15) is 0 Å². The van der Waals surface area contributed by atoms with Crippen LogP contribution in [0, 0.1) is 11.8 Å². The van der Waals surface area contributed by atoms with Crippen LogP contribution in [0.2, 0.25) is 8.87 Å². The van der Waals surface area contributed by atoms with Gasteiger partial charge in [-0.1, -0.05) is 0 Å². The molecule has 0 rings (SSSR count). The van der Waals surface area contributed by atoms with E-state index in [0.29, 0.717) is 0 Å². The minimum atomic E-state index is 0. The van der Waals surface area contributed by atoms with Gasteiger partial charge in [0.15, 0.2) is 0 Å². The van der Waals surface area contributed by atoms with Crippen molar-refractivity contribution in [2.75, 3.05) is 0 Å². The molecule has 0 unspecified atom stereocenters. The molecule has 58 valence electrons. The summed E-state index contributed by atoms with van der Waals surface area (Å²) >= 11 is 0.0709. The van der Waals surface area contributed by atoms with Crippen LogP contribution in [0.25, 0.3) is 0 Å². The molecule has 1 heteroatoms. The smallest absolute Gasteiger partial charge is 1.00 e. The normalized spacial score (nSPS) is 11.3. The molecule has 0 aromatic carbocycles. The molecule has 0 amide bonds. The average molecular weight is 235 g/mol. The first-order valence-electron chi connectivity index (χ1n) is 3.83.